The van der Waals surface area contributed by atoms with Gasteiger partial charge in [0.15, 0.2) is 0 Å². The molecule has 0 unspecified atom stereocenters. The Labute approximate surface area is 151 Å². The summed E-state index contributed by atoms with van der Waals surface area (Å²) in [5, 5.41) is 9.29. The van der Waals surface area contributed by atoms with Crippen LogP contribution >= 0.6 is 0 Å². The van der Waals surface area contributed by atoms with Crippen molar-refractivity contribution in [2.45, 2.75) is 20.3 Å². The highest BCUT2D eigenvalue weighted by Crippen LogP contribution is 2.10. The van der Waals surface area contributed by atoms with Gasteiger partial charge in [-0.3, -0.25) is 14.4 Å². The molecule has 2 aromatic rings. The van der Waals surface area contributed by atoms with Crippen molar-refractivity contribution in [1.82, 2.24) is 5.43 Å². The molecule has 0 aliphatic rings. The summed E-state index contributed by atoms with van der Waals surface area (Å²) in [4.78, 5) is 34.3. The molecule has 0 atom stereocenters. The average Bonchev–Trinajstić information content (AvgIpc) is 2.63. The lowest BCUT2D eigenvalue weighted by Crippen LogP contribution is -2.17. The molecule has 0 fully saturated rings. The number of carbonyl (C=O) groups is 3. The van der Waals surface area contributed by atoms with Crippen LogP contribution in [0, 0.1) is 0 Å². The van der Waals surface area contributed by atoms with Crippen molar-refractivity contribution in [3.8, 4) is 0 Å². The predicted molar refractivity (Wildman–Crippen MR) is 101 cm³/mol. The topological polar surface area (TPSA) is 99.7 Å². The Morgan fingerprint density at radius 3 is 2.08 bits per heavy atom. The highest BCUT2D eigenvalue weighted by Gasteiger charge is 2.05. The van der Waals surface area contributed by atoms with Crippen LogP contribution in [-0.4, -0.2) is 23.9 Å². The van der Waals surface area contributed by atoms with E-state index >= 15 is 0 Å². The molecule has 7 heteroatoms. The smallest absolute Gasteiger partial charge is 0.271 e. The van der Waals surface area contributed by atoms with Gasteiger partial charge in [0.25, 0.3) is 5.91 Å². The molecule has 0 saturated heterocycles. The van der Waals surface area contributed by atoms with Crippen molar-refractivity contribution < 1.29 is 14.4 Å². The van der Waals surface area contributed by atoms with E-state index in [0.29, 0.717) is 23.4 Å². The molecule has 0 aliphatic heterocycles. The van der Waals surface area contributed by atoms with Crippen LogP contribution in [-0.2, 0) is 9.59 Å². The Kier molecular flexibility index (Phi) is 6.61. The maximum Gasteiger partial charge on any atom is 0.271 e. The van der Waals surface area contributed by atoms with Crippen LogP contribution in [0.2, 0.25) is 0 Å². The first-order valence-corrected chi connectivity index (χ1v) is 8.09. The van der Waals surface area contributed by atoms with Crippen molar-refractivity contribution in [1.29, 1.82) is 0 Å². The van der Waals surface area contributed by atoms with Gasteiger partial charge in [-0.25, -0.2) is 5.43 Å². The lowest BCUT2D eigenvalue weighted by molar-refractivity contribution is -0.116. The Morgan fingerprint density at radius 2 is 1.50 bits per heavy atom. The number of benzene rings is 2. The number of rotatable bonds is 6. The average molecular weight is 352 g/mol. The van der Waals surface area contributed by atoms with Crippen LogP contribution in [0.1, 0.15) is 36.2 Å². The summed E-state index contributed by atoms with van der Waals surface area (Å²) in [6.07, 6.45) is 1.90. The standard InChI is InChI=1S/C19H20N4O3/c1-3-18(25)22-17-10-6-15(7-11-17)19(26)23-20-12-14-4-8-16(9-5-14)21-13(2)24/h4-12H,3H2,1-2H3,(H,21,24)(H,22,25)(H,23,26)/b20-12-. The van der Waals surface area contributed by atoms with Gasteiger partial charge in [0.1, 0.15) is 0 Å². The minimum absolute atomic E-state index is 0.0867. The summed E-state index contributed by atoms with van der Waals surface area (Å²) in [5.74, 6) is -0.584. The summed E-state index contributed by atoms with van der Waals surface area (Å²) >= 11 is 0. The fraction of sp³-hybridized carbons (Fsp3) is 0.158. The highest BCUT2D eigenvalue weighted by molar-refractivity contribution is 5.96. The molecule has 0 aromatic heterocycles. The van der Waals surface area contributed by atoms with Crippen molar-refractivity contribution in [3.05, 3.63) is 59.7 Å². The monoisotopic (exact) mass is 352 g/mol. The van der Waals surface area contributed by atoms with Crippen molar-refractivity contribution in [2.24, 2.45) is 5.10 Å². The summed E-state index contributed by atoms with van der Waals surface area (Å²) in [5.41, 5.74) is 4.97. The number of nitrogens with zero attached hydrogens (tertiary/aromatic N) is 1. The Morgan fingerprint density at radius 1 is 0.923 bits per heavy atom. The van der Waals surface area contributed by atoms with E-state index in [1.807, 2.05) is 0 Å². The first kappa shape index (κ1) is 18.9. The van der Waals surface area contributed by atoms with E-state index < -0.39 is 0 Å². The lowest BCUT2D eigenvalue weighted by Gasteiger charge is -2.05. The second-order valence-corrected chi connectivity index (χ2v) is 5.48. The third-order valence-corrected chi connectivity index (χ3v) is 3.36. The molecule has 3 amide bonds. The molecule has 7 nitrogen and oxygen atoms in total. The molecule has 0 saturated carbocycles. The molecule has 2 rings (SSSR count). The second kappa shape index (κ2) is 9.12. The van der Waals surface area contributed by atoms with Gasteiger partial charge in [0, 0.05) is 30.3 Å². The summed E-state index contributed by atoms with van der Waals surface area (Å²) in [7, 11) is 0. The summed E-state index contributed by atoms with van der Waals surface area (Å²) in [6, 6.07) is 13.6. The molecule has 26 heavy (non-hydrogen) atoms. The molecule has 0 aliphatic carbocycles. The van der Waals surface area contributed by atoms with Gasteiger partial charge in [-0.15, -0.1) is 0 Å². The molecule has 0 radical (unpaired) electrons. The van der Waals surface area contributed by atoms with Gasteiger partial charge < -0.3 is 10.6 Å². The van der Waals surface area contributed by atoms with Gasteiger partial charge in [0.2, 0.25) is 11.8 Å². The summed E-state index contributed by atoms with van der Waals surface area (Å²) < 4.78 is 0. The summed E-state index contributed by atoms with van der Waals surface area (Å²) in [6.45, 7) is 3.21. The minimum atomic E-state index is -0.357. The molecule has 0 heterocycles. The highest BCUT2D eigenvalue weighted by atomic mass is 16.2. The molecule has 0 spiro atoms. The van der Waals surface area contributed by atoms with E-state index in [9.17, 15) is 14.4 Å². The van der Waals surface area contributed by atoms with E-state index in [0.717, 1.165) is 5.56 Å². The van der Waals surface area contributed by atoms with Crippen molar-refractivity contribution >= 4 is 35.3 Å². The van der Waals surface area contributed by atoms with Crippen LogP contribution in [0.5, 0.6) is 0 Å². The number of carbonyl (C=O) groups excluding carboxylic acids is 3. The zero-order valence-corrected chi connectivity index (χ0v) is 14.6. The Bertz CT molecular complexity index is 812. The maximum absolute atomic E-state index is 12.0. The molecule has 134 valence electrons. The SMILES string of the molecule is CCC(=O)Nc1ccc(C(=O)N/N=C\c2ccc(NC(C)=O)cc2)cc1. The largest absolute Gasteiger partial charge is 0.326 e. The lowest BCUT2D eigenvalue weighted by atomic mass is 10.2. The number of hydrogen-bond acceptors (Lipinski definition) is 4. The van der Waals surface area contributed by atoms with E-state index in [-0.39, 0.29) is 17.7 Å². The molecule has 2 aromatic carbocycles. The first-order valence-electron chi connectivity index (χ1n) is 8.09. The second-order valence-electron chi connectivity index (χ2n) is 5.48. The third-order valence-electron chi connectivity index (χ3n) is 3.36. The van der Waals surface area contributed by atoms with Gasteiger partial charge in [0.05, 0.1) is 6.21 Å². The third kappa shape index (κ3) is 5.86. The fourth-order valence-electron chi connectivity index (χ4n) is 2.04. The number of hydrogen-bond donors (Lipinski definition) is 3. The number of amides is 3. The Balaban J connectivity index is 1.90. The molecular formula is C19H20N4O3. The predicted octanol–water partition coefficient (Wildman–Crippen LogP) is 2.76. The zero-order chi connectivity index (χ0) is 18.9. The quantitative estimate of drug-likeness (QED) is 0.550. The van der Waals surface area contributed by atoms with Crippen LogP contribution in [0.4, 0.5) is 11.4 Å². The van der Waals surface area contributed by atoms with Crippen LogP contribution in [0.3, 0.4) is 0 Å². The van der Waals surface area contributed by atoms with Gasteiger partial charge >= 0.3 is 0 Å². The van der Waals surface area contributed by atoms with Crippen molar-refractivity contribution in [2.75, 3.05) is 10.6 Å². The number of hydrazone groups is 1. The van der Waals surface area contributed by atoms with Crippen molar-refractivity contribution in [3.63, 3.8) is 0 Å². The minimum Gasteiger partial charge on any atom is -0.326 e. The van der Waals surface area contributed by atoms with Crippen LogP contribution < -0.4 is 16.1 Å². The van der Waals surface area contributed by atoms with E-state index in [4.69, 9.17) is 0 Å². The fourth-order valence-corrected chi connectivity index (χ4v) is 2.04. The van der Waals surface area contributed by atoms with E-state index in [1.165, 1.54) is 13.1 Å². The zero-order valence-electron chi connectivity index (χ0n) is 14.6. The van der Waals surface area contributed by atoms with Crippen LogP contribution in [0.15, 0.2) is 53.6 Å². The van der Waals surface area contributed by atoms with Gasteiger partial charge in [-0.1, -0.05) is 19.1 Å². The molecule has 0 bridgehead atoms. The van der Waals surface area contributed by atoms with Gasteiger partial charge in [-0.2, -0.15) is 5.10 Å². The van der Waals surface area contributed by atoms with E-state index in [2.05, 4.69) is 21.2 Å². The maximum atomic E-state index is 12.0. The Hall–Kier alpha value is -3.48. The van der Waals surface area contributed by atoms with E-state index in [1.54, 1.807) is 55.5 Å². The molecule has 3 N–H and O–H groups in total. The van der Waals surface area contributed by atoms with Gasteiger partial charge in [-0.05, 0) is 42.0 Å². The number of nitrogens with one attached hydrogen (secondary N) is 3. The normalized spacial score (nSPS) is 10.4. The first-order chi connectivity index (χ1) is 12.5. The van der Waals surface area contributed by atoms with Crippen LogP contribution in [0.25, 0.3) is 0 Å². The molecular weight excluding hydrogens is 332 g/mol. The number of anilines is 2.